The summed E-state index contributed by atoms with van der Waals surface area (Å²) in [6.07, 6.45) is 1.25. The summed E-state index contributed by atoms with van der Waals surface area (Å²) >= 11 is 0. The van der Waals surface area contributed by atoms with E-state index in [1.807, 2.05) is 12.1 Å². The van der Waals surface area contributed by atoms with Crippen molar-refractivity contribution >= 4 is 5.69 Å². The number of phenolic OH excluding ortho intramolecular Hbond substituents is 1. The van der Waals surface area contributed by atoms with Gasteiger partial charge in [-0.2, -0.15) is 0 Å². The fourth-order valence-electron chi connectivity index (χ4n) is 2.06. The first-order chi connectivity index (χ1) is 7.64. The number of nitrogens with zero attached hydrogens (tertiary/aromatic N) is 1. The fourth-order valence-corrected chi connectivity index (χ4v) is 2.06. The van der Waals surface area contributed by atoms with Crippen molar-refractivity contribution in [3.63, 3.8) is 0 Å². The lowest BCUT2D eigenvalue weighted by molar-refractivity contribution is 0.254. The van der Waals surface area contributed by atoms with E-state index < -0.39 is 12.2 Å². The summed E-state index contributed by atoms with van der Waals surface area (Å²) in [5, 5.41) is 9.70. The predicted octanol–water partition coefficient (Wildman–Crippen LogP) is 1.66. The van der Waals surface area contributed by atoms with Crippen LogP contribution in [0.4, 0.5) is 10.1 Å². The third-order valence-corrected chi connectivity index (χ3v) is 3.25. The summed E-state index contributed by atoms with van der Waals surface area (Å²) in [6, 6.07) is 7.20. The molecule has 0 unspecified atom stereocenters. The molecule has 1 heterocycles. The number of benzene rings is 1. The Morgan fingerprint density at radius 2 is 1.94 bits per heavy atom. The van der Waals surface area contributed by atoms with Gasteiger partial charge in [-0.3, -0.25) is 0 Å². The molecular formula is C12H17FN2O. The van der Waals surface area contributed by atoms with Gasteiger partial charge in [0.2, 0.25) is 0 Å². The minimum Gasteiger partial charge on any atom is -0.506 e. The molecule has 0 saturated carbocycles. The molecule has 0 amide bonds. The van der Waals surface area contributed by atoms with E-state index in [-0.39, 0.29) is 5.75 Å². The highest BCUT2D eigenvalue weighted by molar-refractivity contribution is 5.57. The predicted molar refractivity (Wildman–Crippen MR) is 62.4 cm³/mol. The summed E-state index contributed by atoms with van der Waals surface area (Å²) < 4.78 is 12.7. The van der Waals surface area contributed by atoms with E-state index in [9.17, 15) is 9.50 Å². The lowest BCUT2D eigenvalue weighted by atomic mass is 9.90. The Bertz CT molecular complexity index is 362. The second-order valence-electron chi connectivity index (χ2n) is 4.47. The van der Waals surface area contributed by atoms with Crippen LogP contribution in [0.2, 0.25) is 0 Å². The third kappa shape index (κ3) is 2.11. The normalized spacial score (nSPS) is 19.8. The van der Waals surface area contributed by atoms with E-state index in [2.05, 4.69) is 4.90 Å². The highest BCUT2D eigenvalue weighted by atomic mass is 19.1. The van der Waals surface area contributed by atoms with Gasteiger partial charge in [0, 0.05) is 18.6 Å². The van der Waals surface area contributed by atoms with E-state index >= 15 is 0 Å². The largest absolute Gasteiger partial charge is 0.506 e. The Balaban J connectivity index is 2.07. The maximum Gasteiger partial charge on any atom is 0.138 e. The minimum absolute atomic E-state index is 0.271. The molecule has 88 valence electrons. The molecule has 1 aromatic carbocycles. The molecule has 0 aliphatic carbocycles. The highest BCUT2D eigenvalue weighted by Gasteiger charge is 2.31. The summed E-state index contributed by atoms with van der Waals surface area (Å²) in [7, 11) is 0. The van der Waals surface area contributed by atoms with Crippen LogP contribution in [0.25, 0.3) is 0 Å². The first-order valence-corrected chi connectivity index (χ1v) is 5.52. The second kappa shape index (κ2) is 4.29. The Morgan fingerprint density at radius 3 is 2.50 bits per heavy atom. The first-order valence-electron chi connectivity index (χ1n) is 5.52. The Hall–Kier alpha value is -1.29. The van der Waals surface area contributed by atoms with Crippen molar-refractivity contribution < 1.29 is 9.50 Å². The van der Waals surface area contributed by atoms with Crippen LogP contribution in [0.1, 0.15) is 12.8 Å². The number of phenols is 1. The Kier molecular flexibility index (Phi) is 3.01. The molecule has 0 bridgehead atoms. The van der Waals surface area contributed by atoms with Crippen molar-refractivity contribution in [2.24, 2.45) is 5.73 Å². The first kappa shape index (κ1) is 11.2. The summed E-state index contributed by atoms with van der Waals surface area (Å²) in [4.78, 5) is 2.05. The van der Waals surface area contributed by atoms with Crippen LogP contribution < -0.4 is 10.6 Å². The topological polar surface area (TPSA) is 49.5 Å². The molecule has 3 N–H and O–H groups in total. The number of alkyl halides is 1. The van der Waals surface area contributed by atoms with Gasteiger partial charge >= 0.3 is 0 Å². The van der Waals surface area contributed by atoms with Crippen molar-refractivity contribution in [3.8, 4) is 5.75 Å². The molecule has 2 rings (SSSR count). The number of rotatable bonds is 2. The zero-order valence-electron chi connectivity index (χ0n) is 9.19. The van der Waals surface area contributed by atoms with Gasteiger partial charge in [0.05, 0.1) is 5.69 Å². The van der Waals surface area contributed by atoms with Crippen LogP contribution in [0.3, 0.4) is 0 Å². The van der Waals surface area contributed by atoms with E-state index in [1.165, 1.54) is 0 Å². The number of halogens is 1. The van der Waals surface area contributed by atoms with Crippen LogP contribution in [0.5, 0.6) is 5.75 Å². The maximum absolute atomic E-state index is 12.7. The Morgan fingerprint density at radius 1 is 1.31 bits per heavy atom. The number of para-hydroxylation sites is 2. The molecule has 1 aromatic rings. The monoisotopic (exact) mass is 224 g/mol. The smallest absolute Gasteiger partial charge is 0.138 e. The molecule has 1 aliphatic rings. The quantitative estimate of drug-likeness (QED) is 0.803. The average Bonchev–Trinajstić information content (AvgIpc) is 2.31. The standard InChI is InChI=1S/C12H17FN2O/c13-9-12(14)5-7-15(8-6-12)10-3-1-2-4-11(10)16/h1-4,16H,5-9,14H2. The minimum atomic E-state index is -0.666. The molecular weight excluding hydrogens is 207 g/mol. The number of piperidine rings is 1. The van der Waals surface area contributed by atoms with Gasteiger partial charge in [-0.25, -0.2) is 4.39 Å². The average molecular weight is 224 g/mol. The second-order valence-corrected chi connectivity index (χ2v) is 4.47. The molecule has 3 nitrogen and oxygen atoms in total. The summed E-state index contributed by atoms with van der Waals surface area (Å²) in [5.74, 6) is 0.271. The van der Waals surface area contributed by atoms with Gasteiger partial charge in [-0.1, -0.05) is 12.1 Å². The van der Waals surface area contributed by atoms with Gasteiger partial charge in [0.15, 0.2) is 0 Å². The molecule has 0 spiro atoms. The van der Waals surface area contributed by atoms with Gasteiger partial charge < -0.3 is 15.7 Å². The van der Waals surface area contributed by atoms with Crippen LogP contribution in [-0.4, -0.2) is 30.4 Å². The summed E-state index contributed by atoms with van der Waals surface area (Å²) in [5.41, 5.74) is 6.02. The molecule has 0 radical (unpaired) electrons. The number of nitrogens with two attached hydrogens (primary N) is 1. The van der Waals surface area contributed by atoms with Crippen molar-refractivity contribution in [1.29, 1.82) is 0 Å². The van der Waals surface area contributed by atoms with Crippen LogP contribution in [0, 0.1) is 0 Å². The van der Waals surface area contributed by atoms with E-state index in [4.69, 9.17) is 5.73 Å². The SMILES string of the molecule is NC1(CF)CCN(c2ccccc2O)CC1. The van der Waals surface area contributed by atoms with Crippen molar-refractivity contribution in [2.45, 2.75) is 18.4 Å². The summed E-state index contributed by atoms with van der Waals surface area (Å²) in [6.45, 7) is 0.914. The molecule has 4 heteroatoms. The van der Waals surface area contributed by atoms with Crippen LogP contribution >= 0.6 is 0 Å². The van der Waals surface area contributed by atoms with Gasteiger partial charge in [0.25, 0.3) is 0 Å². The zero-order valence-corrected chi connectivity index (χ0v) is 9.19. The number of anilines is 1. The van der Waals surface area contributed by atoms with Crippen molar-refractivity contribution in [1.82, 2.24) is 0 Å². The lowest BCUT2D eigenvalue weighted by Crippen LogP contribution is -2.52. The molecule has 1 fully saturated rings. The van der Waals surface area contributed by atoms with Gasteiger partial charge in [-0.05, 0) is 25.0 Å². The highest BCUT2D eigenvalue weighted by Crippen LogP contribution is 2.30. The van der Waals surface area contributed by atoms with E-state index in [0.717, 1.165) is 5.69 Å². The van der Waals surface area contributed by atoms with Crippen LogP contribution in [0.15, 0.2) is 24.3 Å². The molecule has 16 heavy (non-hydrogen) atoms. The number of aromatic hydroxyl groups is 1. The molecule has 0 aromatic heterocycles. The van der Waals surface area contributed by atoms with E-state index in [1.54, 1.807) is 12.1 Å². The number of hydrogen-bond acceptors (Lipinski definition) is 3. The van der Waals surface area contributed by atoms with Crippen molar-refractivity contribution in [2.75, 3.05) is 24.7 Å². The molecule has 1 aliphatic heterocycles. The lowest BCUT2D eigenvalue weighted by Gasteiger charge is -2.38. The Labute approximate surface area is 94.7 Å². The third-order valence-electron chi connectivity index (χ3n) is 3.25. The van der Waals surface area contributed by atoms with E-state index in [0.29, 0.717) is 25.9 Å². The molecule has 0 atom stereocenters. The molecule has 1 saturated heterocycles. The fraction of sp³-hybridized carbons (Fsp3) is 0.500. The zero-order chi connectivity index (χ0) is 11.6. The van der Waals surface area contributed by atoms with Gasteiger partial charge in [-0.15, -0.1) is 0 Å². The van der Waals surface area contributed by atoms with Crippen LogP contribution in [-0.2, 0) is 0 Å². The number of hydrogen-bond donors (Lipinski definition) is 2. The van der Waals surface area contributed by atoms with Crippen molar-refractivity contribution in [3.05, 3.63) is 24.3 Å². The maximum atomic E-state index is 12.7. The van der Waals surface area contributed by atoms with Gasteiger partial charge in [0.1, 0.15) is 12.4 Å².